The average molecular weight is 529 g/mol. The summed E-state index contributed by atoms with van der Waals surface area (Å²) in [6.07, 6.45) is -0.0464. The lowest BCUT2D eigenvalue weighted by Gasteiger charge is -2.61. The van der Waals surface area contributed by atoms with E-state index in [9.17, 15) is 29.7 Å². The molecule has 0 aromatic heterocycles. The molecule has 6 rings (SSSR count). The molecule has 0 bridgehead atoms. The van der Waals surface area contributed by atoms with Crippen molar-refractivity contribution in [1.29, 1.82) is 0 Å². The van der Waals surface area contributed by atoms with Crippen molar-refractivity contribution in [2.24, 2.45) is 33.5 Å². The van der Waals surface area contributed by atoms with E-state index >= 15 is 0 Å². The number of fused-ring (bicyclic) bond motifs is 3. The minimum Gasteiger partial charge on any atom is -0.433 e. The zero-order chi connectivity index (χ0) is 28.0. The Morgan fingerprint density at radius 1 is 0.974 bits per heavy atom. The molecule has 0 unspecified atom stereocenters. The van der Waals surface area contributed by atoms with Crippen LogP contribution in [-0.2, 0) is 23.9 Å². The van der Waals surface area contributed by atoms with Crippen LogP contribution >= 0.6 is 0 Å². The van der Waals surface area contributed by atoms with Crippen LogP contribution < -0.4 is 0 Å². The van der Waals surface area contributed by atoms with Gasteiger partial charge < -0.3 is 24.8 Å². The van der Waals surface area contributed by atoms with E-state index < -0.39 is 63.2 Å². The fraction of sp³-hybridized carbons (Fsp3) is 0.767. The van der Waals surface area contributed by atoms with E-state index in [2.05, 4.69) is 0 Å². The van der Waals surface area contributed by atoms with Crippen LogP contribution in [0.25, 0.3) is 0 Å². The van der Waals surface area contributed by atoms with Crippen LogP contribution in [0, 0.1) is 33.5 Å². The number of ketones is 2. The van der Waals surface area contributed by atoms with E-state index in [0.717, 1.165) is 0 Å². The van der Waals surface area contributed by atoms with Gasteiger partial charge in [0.25, 0.3) is 0 Å². The molecule has 3 fully saturated rings. The van der Waals surface area contributed by atoms with E-state index in [1.807, 2.05) is 20.8 Å². The van der Waals surface area contributed by atoms with Crippen LogP contribution in [0.2, 0.25) is 0 Å². The minimum absolute atomic E-state index is 0.0815. The maximum absolute atomic E-state index is 14.8. The van der Waals surface area contributed by atoms with Gasteiger partial charge in [0.2, 0.25) is 5.79 Å². The molecule has 10 atom stereocenters. The molecule has 8 heteroatoms. The van der Waals surface area contributed by atoms with Crippen molar-refractivity contribution >= 4 is 17.5 Å². The SMILES string of the molecule is C[C@H]1C[C@@]2(C[C@](C)(O)C3=C[C@@H](O)[C@@]4(C)C5=C(C(=O)[C@H](O2)[C@]34C)[C@@]2(C)CC[C@H](O)C(C)(C)[C@@H]2CC5=O)OC1=O. The number of rotatable bonds is 0. The zero-order valence-corrected chi connectivity index (χ0v) is 23.4. The summed E-state index contributed by atoms with van der Waals surface area (Å²) in [6.45, 7) is 12.9. The van der Waals surface area contributed by atoms with Crippen LogP contribution in [-0.4, -0.2) is 62.6 Å². The highest BCUT2D eigenvalue weighted by atomic mass is 16.7. The number of carbonyl (C=O) groups is 3. The maximum atomic E-state index is 14.8. The van der Waals surface area contributed by atoms with Gasteiger partial charge in [-0.2, -0.15) is 0 Å². The van der Waals surface area contributed by atoms with Crippen molar-refractivity contribution in [3.8, 4) is 0 Å². The van der Waals surface area contributed by atoms with Gasteiger partial charge in [-0.3, -0.25) is 14.4 Å². The van der Waals surface area contributed by atoms with Crippen molar-refractivity contribution in [3.63, 3.8) is 0 Å². The number of carbonyl (C=O) groups excluding carboxylic acids is 3. The molecule has 6 aliphatic rings. The van der Waals surface area contributed by atoms with Gasteiger partial charge in [-0.05, 0) is 36.7 Å². The molecule has 208 valence electrons. The van der Waals surface area contributed by atoms with Gasteiger partial charge in [0, 0.05) is 46.7 Å². The summed E-state index contributed by atoms with van der Waals surface area (Å²) in [5, 5.41) is 34.4. The lowest BCUT2D eigenvalue weighted by atomic mass is 9.42. The predicted octanol–water partition coefficient (Wildman–Crippen LogP) is 2.77. The first-order chi connectivity index (χ1) is 17.4. The quantitative estimate of drug-likeness (QED) is 0.323. The molecular formula is C30H40O8. The third-order valence-corrected chi connectivity index (χ3v) is 11.9. The molecule has 0 amide bonds. The average Bonchev–Trinajstić information content (AvgIpc) is 3.17. The highest BCUT2D eigenvalue weighted by Crippen LogP contribution is 2.72. The zero-order valence-electron chi connectivity index (χ0n) is 23.4. The van der Waals surface area contributed by atoms with Gasteiger partial charge in [0.15, 0.2) is 11.6 Å². The molecule has 4 aliphatic carbocycles. The predicted molar refractivity (Wildman–Crippen MR) is 135 cm³/mol. The summed E-state index contributed by atoms with van der Waals surface area (Å²) in [6, 6.07) is 0. The smallest absolute Gasteiger partial charge is 0.311 e. The van der Waals surface area contributed by atoms with Crippen molar-refractivity contribution in [2.75, 3.05) is 0 Å². The van der Waals surface area contributed by atoms with Gasteiger partial charge in [0.05, 0.1) is 23.7 Å². The number of Topliss-reactive ketones (excluding diaryl/α,β-unsaturated/α-hetero) is 2. The van der Waals surface area contributed by atoms with Gasteiger partial charge >= 0.3 is 5.97 Å². The second kappa shape index (κ2) is 7.25. The Kier molecular flexibility index (Phi) is 5.03. The lowest BCUT2D eigenvalue weighted by Crippen LogP contribution is -2.65. The molecule has 8 nitrogen and oxygen atoms in total. The standard InChI is InChI=1S/C30H40O8/c1-14-12-30(38-24(14)35)13-27(5,36)17-11-19(33)29(7)20-15(31)10-16-25(2,3)18(32)8-9-26(16,4)21(20)22(34)23(37-30)28(17,29)6/h11,14,16,18-19,23,32-33,36H,8-10,12-13H2,1-7H3/t14-,16-,18-,19+,23-,26-,27-,28-,29-,30-/m0/s1. The number of aliphatic hydroxyl groups excluding tert-OH is 2. The van der Waals surface area contributed by atoms with E-state index in [1.165, 1.54) is 0 Å². The summed E-state index contributed by atoms with van der Waals surface area (Å²) in [4.78, 5) is 41.5. The third kappa shape index (κ3) is 2.78. The van der Waals surface area contributed by atoms with Gasteiger partial charge in [0.1, 0.15) is 6.10 Å². The second-order valence-electron chi connectivity index (χ2n) is 14.4. The van der Waals surface area contributed by atoms with Crippen molar-refractivity contribution < 1.29 is 39.2 Å². The lowest BCUT2D eigenvalue weighted by molar-refractivity contribution is -0.253. The Labute approximate surface area is 223 Å². The molecule has 2 saturated heterocycles. The molecule has 0 aromatic rings. The summed E-state index contributed by atoms with van der Waals surface area (Å²) < 4.78 is 12.4. The molecule has 38 heavy (non-hydrogen) atoms. The molecule has 1 saturated carbocycles. The Hall–Kier alpha value is -1.87. The highest BCUT2D eigenvalue weighted by Gasteiger charge is 2.75. The van der Waals surface area contributed by atoms with Gasteiger partial charge in [-0.25, -0.2) is 0 Å². The molecule has 1 spiro atoms. The fourth-order valence-corrected chi connectivity index (χ4v) is 9.63. The molecule has 0 radical (unpaired) electrons. The monoisotopic (exact) mass is 528 g/mol. The number of esters is 1. The summed E-state index contributed by atoms with van der Waals surface area (Å²) >= 11 is 0. The number of hydrogen-bond donors (Lipinski definition) is 3. The first-order valence-electron chi connectivity index (χ1n) is 13.9. The Morgan fingerprint density at radius 2 is 1.63 bits per heavy atom. The van der Waals surface area contributed by atoms with E-state index in [0.29, 0.717) is 29.6 Å². The van der Waals surface area contributed by atoms with E-state index in [1.54, 1.807) is 33.8 Å². The maximum Gasteiger partial charge on any atom is 0.311 e. The normalized spacial score (nSPS) is 53.3. The molecule has 2 aliphatic heterocycles. The van der Waals surface area contributed by atoms with Crippen LogP contribution in [0.4, 0.5) is 0 Å². The third-order valence-electron chi connectivity index (χ3n) is 11.9. The molecular weight excluding hydrogens is 488 g/mol. The topological polar surface area (TPSA) is 130 Å². The number of hydrogen-bond acceptors (Lipinski definition) is 8. The second-order valence-corrected chi connectivity index (χ2v) is 14.4. The molecule has 3 N–H and O–H groups in total. The Morgan fingerprint density at radius 3 is 2.24 bits per heavy atom. The Balaban J connectivity index is 1.62. The molecule has 0 aromatic carbocycles. The molecule has 2 heterocycles. The van der Waals surface area contributed by atoms with Crippen molar-refractivity contribution in [3.05, 3.63) is 22.8 Å². The van der Waals surface area contributed by atoms with Crippen LogP contribution in [0.1, 0.15) is 80.6 Å². The highest BCUT2D eigenvalue weighted by molar-refractivity contribution is 6.14. The summed E-state index contributed by atoms with van der Waals surface area (Å²) in [5.74, 6) is -3.23. The van der Waals surface area contributed by atoms with Crippen molar-refractivity contribution in [2.45, 2.75) is 110 Å². The van der Waals surface area contributed by atoms with Crippen LogP contribution in [0.5, 0.6) is 0 Å². The Bertz CT molecular complexity index is 1240. The van der Waals surface area contributed by atoms with E-state index in [4.69, 9.17) is 9.47 Å². The first-order valence-corrected chi connectivity index (χ1v) is 13.9. The fourth-order valence-electron chi connectivity index (χ4n) is 9.63. The van der Waals surface area contributed by atoms with E-state index in [-0.39, 0.29) is 36.7 Å². The number of ether oxygens (including phenoxy) is 2. The van der Waals surface area contributed by atoms with Crippen LogP contribution in [0.3, 0.4) is 0 Å². The van der Waals surface area contributed by atoms with Gasteiger partial charge in [-0.15, -0.1) is 0 Å². The summed E-state index contributed by atoms with van der Waals surface area (Å²) in [5.41, 5.74) is -4.23. The minimum atomic E-state index is -1.56. The van der Waals surface area contributed by atoms with Crippen LogP contribution in [0.15, 0.2) is 22.8 Å². The largest absolute Gasteiger partial charge is 0.433 e. The first kappa shape index (κ1) is 26.4. The van der Waals surface area contributed by atoms with Crippen molar-refractivity contribution in [1.82, 2.24) is 0 Å². The number of aliphatic hydroxyl groups is 3. The van der Waals surface area contributed by atoms with Gasteiger partial charge in [-0.1, -0.05) is 47.6 Å². The summed E-state index contributed by atoms with van der Waals surface area (Å²) in [7, 11) is 0.